The van der Waals surface area contributed by atoms with E-state index in [-0.39, 0.29) is 24.1 Å². The third kappa shape index (κ3) is 3.84. The Bertz CT molecular complexity index is 736. The Labute approximate surface area is 138 Å². The highest BCUT2D eigenvalue weighted by atomic mass is 16.5. The Morgan fingerprint density at radius 1 is 1.29 bits per heavy atom. The van der Waals surface area contributed by atoms with Gasteiger partial charge in [-0.05, 0) is 11.5 Å². The molecule has 0 aliphatic heterocycles. The summed E-state index contributed by atoms with van der Waals surface area (Å²) >= 11 is 0. The summed E-state index contributed by atoms with van der Waals surface area (Å²) in [7, 11) is 0. The number of imidazole rings is 1. The average Bonchev–Trinajstić information content (AvgIpc) is 2.83. The van der Waals surface area contributed by atoms with E-state index < -0.39 is 17.6 Å². The molecular formula is C16H21N3O5. The predicted octanol–water partition coefficient (Wildman–Crippen LogP) is 1.30. The van der Waals surface area contributed by atoms with Gasteiger partial charge in [-0.25, -0.2) is 14.8 Å². The fraction of sp³-hybridized carbons (Fsp3) is 0.375. The van der Waals surface area contributed by atoms with Gasteiger partial charge in [0, 0.05) is 0 Å². The number of ether oxygens (including phenoxy) is 1. The lowest BCUT2D eigenvalue weighted by atomic mass is 10.0. The Kier molecular flexibility index (Phi) is 5.78. The number of carbonyl (C=O) groups excluding carboxylic acids is 1. The van der Waals surface area contributed by atoms with Crippen molar-refractivity contribution >= 4 is 5.91 Å². The number of aromatic amines is 1. The van der Waals surface area contributed by atoms with Crippen molar-refractivity contribution in [2.24, 2.45) is 5.92 Å². The molecule has 0 unspecified atom stereocenters. The molecule has 0 aliphatic rings. The Morgan fingerprint density at radius 3 is 2.54 bits per heavy atom. The molecule has 8 nitrogen and oxygen atoms in total. The van der Waals surface area contributed by atoms with E-state index in [1.54, 1.807) is 13.8 Å². The molecule has 2 aromatic rings. The quantitative estimate of drug-likeness (QED) is 0.449. The monoisotopic (exact) mass is 335 g/mol. The van der Waals surface area contributed by atoms with Crippen LogP contribution in [-0.2, 0) is 22.7 Å². The van der Waals surface area contributed by atoms with E-state index in [2.05, 4.69) is 4.98 Å². The van der Waals surface area contributed by atoms with Gasteiger partial charge in [-0.1, -0.05) is 44.2 Å². The maximum atomic E-state index is 12.1. The topological polar surface area (TPSA) is 117 Å². The maximum Gasteiger partial charge on any atom is 0.329 e. The van der Waals surface area contributed by atoms with Crippen molar-refractivity contribution in [2.45, 2.75) is 33.1 Å². The van der Waals surface area contributed by atoms with Gasteiger partial charge >= 0.3 is 5.69 Å². The summed E-state index contributed by atoms with van der Waals surface area (Å²) in [5.41, 5.74) is 2.00. The Hall–Kier alpha value is -2.58. The second-order valence-electron chi connectivity index (χ2n) is 5.75. The van der Waals surface area contributed by atoms with Gasteiger partial charge in [-0.3, -0.25) is 10.0 Å². The molecule has 1 aromatic heterocycles. The number of aromatic hydroxyl groups is 1. The number of rotatable bonds is 7. The van der Waals surface area contributed by atoms with Gasteiger partial charge in [-0.2, -0.15) is 0 Å². The fourth-order valence-electron chi connectivity index (χ4n) is 2.47. The van der Waals surface area contributed by atoms with Crippen LogP contribution in [0.4, 0.5) is 0 Å². The molecule has 8 heteroatoms. The van der Waals surface area contributed by atoms with E-state index in [9.17, 15) is 14.7 Å². The Balaban J connectivity index is 2.16. The van der Waals surface area contributed by atoms with Crippen LogP contribution in [0.3, 0.4) is 0 Å². The summed E-state index contributed by atoms with van der Waals surface area (Å²) in [4.78, 5) is 26.4. The summed E-state index contributed by atoms with van der Waals surface area (Å²) in [6, 6.07) is 8.42. The van der Waals surface area contributed by atoms with E-state index in [0.29, 0.717) is 6.61 Å². The number of hydroxylamine groups is 1. The van der Waals surface area contributed by atoms with Crippen molar-refractivity contribution in [3.8, 4) is 5.88 Å². The molecule has 1 aromatic carbocycles. The van der Waals surface area contributed by atoms with Crippen LogP contribution in [0.1, 0.15) is 31.1 Å². The van der Waals surface area contributed by atoms with Gasteiger partial charge in [0.1, 0.15) is 11.7 Å². The zero-order valence-electron chi connectivity index (χ0n) is 13.5. The summed E-state index contributed by atoms with van der Waals surface area (Å²) < 4.78 is 6.40. The zero-order valence-corrected chi connectivity index (χ0v) is 13.5. The lowest BCUT2D eigenvalue weighted by molar-refractivity contribution is -0.134. The SMILES string of the molecule is CC(C)[C@H](C(=O)NO)n1c(O)c(COCc2ccccc2)[nH]c1=O. The predicted molar refractivity (Wildman–Crippen MR) is 85.5 cm³/mol. The van der Waals surface area contributed by atoms with E-state index in [1.165, 1.54) is 5.48 Å². The van der Waals surface area contributed by atoms with Crippen molar-refractivity contribution in [3.05, 3.63) is 52.1 Å². The van der Waals surface area contributed by atoms with Gasteiger partial charge < -0.3 is 14.8 Å². The molecule has 0 fully saturated rings. The van der Waals surface area contributed by atoms with Crippen molar-refractivity contribution < 1.29 is 19.8 Å². The van der Waals surface area contributed by atoms with Crippen LogP contribution >= 0.6 is 0 Å². The number of hydrogen-bond acceptors (Lipinski definition) is 5. The number of nitrogens with one attached hydrogen (secondary N) is 2. The highest BCUT2D eigenvalue weighted by Crippen LogP contribution is 2.24. The van der Waals surface area contributed by atoms with Crippen molar-refractivity contribution in [2.75, 3.05) is 0 Å². The molecule has 0 bridgehead atoms. The zero-order chi connectivity index (χ0) is 17.7. The van der Waals surface area contributed by atoms with Crippen LogP contribution < -0.4 is 11.2 Å². The van der Waals surface area contributed by atoms with Crippen LogP contribution in [0.25, 0.3) is 0 Å². The van der Waals surface area contributed by atoms with Crippen LogP contribution in [0.15, 0.2) is 35.1 Å². The van der Waals surface area contributed by atoms with E-state index in [1.807, 2.05) is 30.3 Å². The number of amides is 1. The first-order valence-corrected chi connectivity index (χ1v) is 7.53. The average molecular weight is 335 g/mol. The highest BCUT2D eigenvalue weighted by molar-refractivity contribution is 5.79. The first-order chi connectivity index (χ1) is 11.5. The normalized spacial score (nSPS) is 12.3. The molecule has 0 spiro atoms. The van der Waals surface area contributed by atoms with E-state index >= 15 is 0 Å². The molecule has 2 rings (SSSR count). The molecule has 24 heavy (non-hydrogen) atoms. The van der Waals surface area contributed by atoms with Gasteiger partial charge in [0.05, 0.1) is 13.2 Å². The minimum atomic E-state index is -1.04. The minimum absolute atomic E-state index is 0.0193. The first kappa shape index (κ1) is 17.8. The molecule has 4 N–H and O–H groups in total. The fourth-order valence-corrected chi connectivity index (χ4v) is 2.47. The smallest absolute Gasteiger partial charge is 0.329 e. The summed E-state index contributed by atoms with van der Waals surface area (Å²) in [6.07, 6.45) is 0. The van der Waals surface area contributed by atoms with Crippen molar-refractivity contribution in [1.29, 1.82) is 0 Å². The summed E-state index contributed by atoms with van der Waals surface area (Å²) in [6.45, 7) is 3.70. The highest BCUT2D eigenvalue weighted by Gasteiger charge is 2.29. The number of aromatic nitrogens is 2. The molecule has 0 saturated carbocycles. The van der Waals surface area contributed by atoms with E-state index in [4.69, 9.17) is 9.94 Å². The van der Waals surface area contributed by atoms with Crippen molar-refractivity contribution in [3.63, 3.8) is 0 Å². The number of nitrogens with zero attached hydrogens (tertiary/aromatic N) is 1. The van der Waals surface area contributed by atoms with Gasteiger partial charge in [-0.15, -0.1) is 0 Å². The number of H-pyrrole nitrogens is 1. The van der Waals surface area contributed by atoms with Crippen LogP contribution in [-0.4, -0.2) is 25.8 Å². The number of hydrogen-bond donors (Lipinski definition) is 4. The van der Waals surface area contributed by atoms with Crippen molar-refractivity contribution in [1.82, 2.24) is 15.0 Å². The third-order valence-electron chi connectivity index (χ3n) is 3.62. The molecule has 130 valence electrons. The Morgan fingerprint density at radius 2 is 1.96 bits per heavy atom. The molecule has 0 saturated heterocycles. The van der Waals surface area contributed by atoms with Gasteiger partial charge in [0.15, 0.2) is 0 Å². The lowest BCUT2D eigenvalue weighted by Gasteiger charge is -2.19. The number of carbonyl (C=O) groups is 1. The second kappa shape index (κ2) is 7.80. The van der Waals surface area contributed by atoms with Gasteiger partial charge in [0.2, 0.25) is 5.88 Å². The molecule has 0 radical (unpaired) electrons. The number of benzene rings is 1. The molecule has 1 heterocycles. The third-order valence-corrected chi connectivity index (χ3v) is 3.62. The molecule has 1 amide bonds. The first-order valence-electron chi connectivity index (χ1n) is 7.53. The lowest BCUT2D eigenvalue weighted by Crippen LogP contribution is -2.37. The summed E-state index contributed by atoms with van der Waals surface area (Å²) in [5, 5.41) is 19.1. The standard InChI is InChI=1S/C16H21N3O5/c1-10(2)13(14(20)18-23)19-15(21)12(17-16(19)22)9-24-8-11-6-4-3-5-7-11/h3-7,10,13,21,23H,8-9H2,1-2H3,(H,17,22)(H,18,20)/t13-/m1/s1. The molecule has 1 atom stereocenters. The van der Waals surface area contributed by atoms with Crippen LogP contribution in [0, 0.1) is 5.92 Å². The summed E-state index contributed by atoms with van der Waals surface area (Å²) in [5.74, 6) is -1.48. The second-order valence-corrected chi connectivity index (χ2v) is 5.75. The van der Waals surface area contributed by atoms with E-state index in [0.717, 1.165) is 10.1 Å². The molecular weight excluding hydrogens is 314 g/mol. The molecule has 0 aliphatic carbocycles. The van der Waals surface area contributed by atoms with Gasteiger partial charge in [0.25, 0.3) is 5.91 Å². The van der Waals surface area contributed by atoms with Crippen LogP contribution in [0.2, 0.25) is 0 Å². The maximum absolute atomic E-state index is 12.1. The van der Waals surface area contributed by atoms with Crippen LogP contribution in [0.5, 0.6) is 5.88 Å². The minimum Gasteiger partial charge on any atom is -0.493 e. The largest absolute Gasteiger partial charge is 0.493 e.